The van der Waals surface area contributed by atoms with Crippen LogP contribution >= 0.6 is 0 Å². The fraction of sp³-hybridized carbons (Fsp3) is 0.700. The molecule has 0 N–H and O–H groups in total. The Morgan fingerprint density at radius 2 is 1.92 bits per heavy atom. The van der Waals surface area contributed by atoms with Crippen LogP contribution < -0.4 is 0 Å². The van der Waals surface area contributed by atoms with E-state index < -0.39 is 5.92 Å². The third-order valence-corrected chi connectivity index (χ3v) is 4.51. The average molecular weight is 336 g/mol. The topological polar surface area (TPSA) is 52.6 Å². The van der Waals surface area contributed by atoms with Gasteiger partial charge >= 0.3 is 11.9 Å². The summed E-state index contributed by atoms with van der Waals surface area (Å²) in [7, 11) is 0. The largest absolute Gasteiger partial charge is 0.465 e. The summed E-state index contributed by atoms with van der Waals surface area (Å²) < 4.78 is 10.6. The van der Waals surface area contributed by atoms with Crippen LogP contribution in [0.1, 0.15) is 61.3 Å². The zero-order chi connectivity index (χ0) is 18.5. The standard InChI is InChI=1S/C20H32O4/c1-13(2)8-9-17-15(4)18(10-11-20(17,6)7)24-19(22)14(3)12-23-16(5)21/h8-9,13-14,18H,10-12H2,1-7H3/b9-8+. The number of allylic oxidation sites excluding steroid dienone is 3. The molecule has 0 radical (unpaired) electrons. The van der Waals surface area contributed by atoms with Crippen molar-refractivity contribution in [3.63, 3.8) is 0 Å². The van der Waals surface area contributed by atoms with Crippen molar-refractivity contribution in [3.8, 4) is 0 Å². The molecule has 0 heterocycles. The third kappa shape index (κ3) is 5.81. The molecule has 2 unspecified atom stereocenters. The van der Waals surface area contributed by atoms with E-state index in [0.717, 1.165) is 18.4 Å². The maximum absolute atomic E-state index is 12.2. The van der Waals surface area contributed by atoms with E-state index >= 15 is 0 Å². The minimum absolute atomic E-state index is 0.0647. The van der Waals surface area contributed by atoms with E-state index in [1.54, 1.807) is 6.92 Å². The van der Waals surface area contributed by atoms with Gasteiger partial charge in [0, 0.05) is 6.92 Å². The van der Waals surface area contributed by atoms with Gasteiger partial charge in [-0.15, -0.1) is 0 Å². The van der Waals surface area contributed by atoms with E-state index in [-0.39, 0.29) is 30.1 Å². The minimum Gasteiger partial charge on any atom is -0.465 e. The van der Waals surface area contributed by atoms with Crippen LogP contribution in [0.5, 0.6) is 0 Å². The molecule has 0 fully saturated rings. The van der Waals surface area contributed by atoms with E-state index in [1.807, 2.05) is 0 Å². The highest BCUT2D eigenvalue weighted by Crippen LogP contribution is 2.42. The van der Waals surface area contributed by atoms with Crippen LogP contribution in [0.4, 0.5) is 0 Å². The third-order valence-electron chi connectivity index (χ3n) is 4.51. The molecule has 0 aliphatic heterocycles. The Balaban J connectivity index is 2.86. The molecule has 1 aliphatic carbocycles. The zero-order valence-corrected chi connectivity index (χ0v) is 16.1. The Morgan fingerprint density at radius 1 is 1.29 bits per heavy atom. The van der Waals surface area contributed by atoms with E-state index in [4.69, 9.17) is 9.47 Å². The molecule has 2 atom stereocenters. The van der Waals surface area contributed by atoms with Crippen molar-refractivity contribution >= 4 is 11.9 Å². The van der Waals surface area contributed by atoms with Crippen LogP contribution in [0.25, 0.3) is 0 Å². The summed E-state index contributed by atoms with van der Waals surface area (Å²) >= 11 is 0. The lowest BCUT2D eigenvalue weighted by Crippen LogP contribution is -2.33. The minimum atomic E-state index is -0.453. The van der Waals surface area contributed by atoms with Crippen molar-refractivity contribution in [2.45, 2.75) is 67.4 Å². The van der Waals surface area contributed by atoms with Crippen LogP contribution in [-0.2, 0) is 19.1 Å². The average Bonchev–Trinajstić information content (AvgIpc) is 2.46. The number of esters is 2. The number of ether oxygens (including phenoxy) is 2. The van der Waals surface area contributed by atoms with Gasteiger partial charge in [-0.25, -0.2) is 0 Å². The fourth-order valence-electron chi connectivity index (χ4n) is 2.91. The number of hydrogen-bond acceptors (Lipinski definition) is 4. The second kappa shape index (κ2) is 8.50. The molecule has 1 aliphatic rings. The molecule has 0 amide bonds. The molecule has 4 heteroatoms. The summed E-state index contributed by atoms with van der Waals surface area (Å²) in [5.41, 5.74) is 2.46. The fourth-order valence-corrected chi connectivity index (χ4v) is 2.91. The molecular weight excluding hydrogens is 304 g/mol. The van der Waals surface area contributed by atoms with Crippen molar-refractivity contribution in [1.29, 1.82) is 0 Å². The first-order valence-electron chi connectivity index (χ1n) is 8.78. The van der Waals surface area contributed by atoms with E-state index in [0.29, 0.717) is 5.92 Å². The molecular formula is C20H32O4. The highest BCUT2D eigenvalue weighted by atomic mass is 16.6. The van der Waals surface area contributed by atoms with Gasteiger partial charge in [-0.3, -0.25) is 9.59 Å². The van der Waals surface area contributed by atoms with Gasteiger partial charge in [-0.05, 0) is 49.2 Å². The summed E-state index contributed by atoms with van der Waals surface area (Å²) in [6.45, 7) is 13.9. The van der Waals surface area contributed by atoms with Crippen LogP contribution in [0.2, 0.25) is 0 Å². The second-order valence-corrected chi connectivity index (χ2v) is 7.75. The normalized spacial score (nSPS) is 21.9. The van der Waals surface area contributed by atoms with Gasteiger partial charge in [0.25, 0.3) is 0 Å². The molecule has 0 saturated heterocycles. The summed E-state index contributed by atoms with van der Waals surface area (Å²) in [5.74, 6) is -0.669. The Labute approximate surface area is 146 Å². The first-order valence-corrected chi connectivity index (χ1v) is 8.78. The first-order chi connectivity index (χ1) is 11.0. The molecule has 0 saturated carbocycles. The van der Waals surface area contributed by atoms with Crippen LogP contribution in [0.15, 0.2) is 23.3 Å². The second-order valence-electron chi connectivity index (χ2n) is 7.75. The van der Waals surface area contributed by atoms with E-state index in [9.17, 15) is 9.59 Å². The van der Waals surface area contributed by atoms with Crippen molar-refractivity contribution < 1.29 is 19.1 Å². The zero-order valence-electron chi connectivity index (χ0n) is 16.1. The maximum atomic E-state index is 12.2. The van der Waals surface area contributed by atoms with Gasteiger partial charge in [0.1, 0.15) is 12.7 Å². The number of rotatable bonds is 6. The number of carbonyl (C=O) groups excluding carboxylic acids is 2. The highest BCUT2D eigenvalue weighted by Gasteiger charge is 2.34. The van der Waals surface area contributed by atoms with Crippen molar-refractivity contribution in [2.24, 2.45) is 17.3 Å². The molecule has 0 aromatic heterocycles. The predicted octanol–water partition coefficient (Wildman–Crippen LogP) is 4.45. The first kappa shape index (κ1) is 20.5. The lowest BCUT2D eigenvalue weighted by atomic mass is 9.71. The Morgan fingerprint density at radius 3 is 2.46 bits per heavy atom. The van der Waals surface area contributed by atoms with Gasteiger partial charge in [0.15, 0.2) is 0 Å². The van der Waals surface area contributed by atoms with Crippen LogP contribution in [-0.4, -0.2) is 24.6 Å². The molecule has 0 aromatic rings. The summed E-state index contributed by atoms with van der Waals surface area (Å²) in [6.07, 6.45) is 5.97. The van der Waals surface area contributed by atoms with Gasteiger partial charge in [-0.1, -0.05) is 39.8 Å². The summed E-state index contributed by atoms with van der Waals surface area (Å²) in [4.78, 5) is 23.1. The van der Waals surface area contributed by atoms with Gasteiger partial charge in [0.05, 0.1) is 5.92 Å². The Kier molecular flexibility index (Phi) is 7.25. The number of hydrogen-bond donors (Lipinski definition) is 0. The molecule has 0 spiro atoms. The maximum Gasteiger partial charge on any atom is 0.312 e. The molecule has 0 aromatic carbocycles. The Bertz CT molecular complexity index is 526. The van der Waals surface area contributed by atoms with Crippen LogP contribution in [0, 0.1) is 17.3 Å². The molecule has 0 bridgehead atoms. The monoisotopic (exact) mass is 336 g/mol. The number of carbonyl (C=O) groups is 2. The van der Waals surface area contributed by atoms with Gasteiger partial charge < -0.3 is 9.47 Å². The smallest absolute Gasteiger partial charge is 0.312 e. The van der Waals surface area contributed by atoms with Crippen molar-refractivity contribution in [2.75, 3.05) is 6.61 Å². The molecule has 1 rings (SSSR count). The summed E-state index contributed by atoms with van der Waals surface area (Å²) in [6, 6.07) is 0. The van der Waals surface area contributed by atoms with E-state index in [2.05, 4.69) is 46.8 Å². The SMILES string of the molecule is CC(=O)OCC(C)C(=O)OC1CCC(C)(C)C(/C=C/C(C)C)=C1C. The van der Waals surface area contributed by atoms with Crippen molar-refractivity contribution in [1.82, 2.24) is 0 Å². The lowest BCUT2D eigenvalue weighted by Gasteiger charge is -2.37. The molecule has 24 heavy (non-hydrogen) atoms. The predicted molar refractivity (Wildman–Crippen MR) is 95.4 cm³/mol. The quantitative estimate of drug-likeness (QED) is 0.673. The van der Waals surface area contributed by atoms with Gasteiger partial charge in [0.2, 0.25) is 0 Å². The lowest BCUT2D eigenvalue weighted by molar-refractivity contribution is -0.157. The van der Waals surface area contributed by atoms with Crippen LogP contribution in [0.3, 0.4) is 0 Å². The van der Waals surface area contributed by atoms with E-state index in [1.165, 1.54) is 12.5 Å². The summed E-state index contributed by atoms with van der Waals surface area (Å²) in [5, 5.41) is 0. The molecule has 4 nitrogen and oxygen atoms in total. The highest BCUT2D eigenvalue weighted by molar-refractivity contribution is 5.73. The van der Waals surface area contributed by atoms with Gasteiger partial charge in [-0.2, -0.15) is 0 Å². The Hall–Kier alpha value is -1.58. The molecule has 136 valence electrons. The van der Waals surface area contributed by atoms with Crippen molar-refractivity contribution in [3.05, 3.63) is 23.3 Å².